The lowest BCUT2D eigenvalue weighted by Crippen LogP contribution is -2.44. The summed E-state index contributed by atoms with van der Waals surface area (Å²) in [7, 11) is 0.963. The minimum atomic E-state index is -3.01. The molecule has 1 aromatic carbocycles. The van der Waals surface area contributed by atoms with Crippen molar-refractivity contribution >= 4 is 32.9 Å². The maximum absolute atomic E-state index is 13.8. The van der Waals surface area contributed by atoms with E-state index in [-0.39, 0.29) is 23.4 Å². The van der Waals surface area contributed by atoms with Gasteiger partial charge in [0.1, 0.15) is 5.82 Å². The summed E-state index contributed by atoms with van der Waals surface area (Å²) in [5, 5.41) is 3.30. The fourth-order valence-corrected chi connectivity index (χ4v) is 4.86. The number of hydrogen-bond acceptors (Lipinski definition) is 4. The average molecular weight is 374 g/mol. The van der Waals surface area contributed by atoms with E-state index in [0.717, 1.165) is 13.0 Å². The van der Waals surface area contributed by atoms with Crippen molar-refractivity contribution in [2.45, 2.75) is 18.9 Å². The molecule has 24 heavy (non-hydrogen) atoms. The number of sulfone groups is 1. The molecule has 1 saturated heterocycles. The van der Waals surface area contributed by atoms with E-state index in [1.165, 1.54) is 6.07 Å². The van der Waals surface area contributed by atoms with E-state index in [1.54, 1.807) is 18.2 Å². The lowest BCUT2D eigenvalue weighted by Gasteiger charge is -2.31. The number of rotatable bonds is 6. The molecule has 0 aromatic heterocycles. The number of nitrogens with zero attached hydrogens (tertiary/aromatic N) is 2. The average Bonchev–Trinajstić information content (AvgIpc) is 2.85. The standard InChI is InChI=1S/C16H24FN3O2S2/c1-19(2)9-5-10-20(13-8-11-24(21,22)12-13)16(23)18-15-7-4-3-6-14(15)17/h3-4,6-7,13H,5,8-12H2,1-2H3,(H,18,23)/t13-/m1/s1. The van der Waals surface area contributed by atoms with Gasteiger partial charge in [0.15, 0.2) is 14.9 Å². The van der Waals surface area contributed by atoms with Crippen LogP contribution in [0.15, 0.2) is 24.3 Å². The van der Waals surface area contributed by atoms with Crippen molar-refractivity contribution < 1.29 is 12.8 Å². The SMILES string of the molecule is CN(C)CCCN(C(=S)Nc1ccccc1F)[C@@H]1CCS(=O)(=O)C1. The summed E-state index contributed by atoms with van der Waals surface area (Å²) in [5.41, 5.74) is 0.306. The van der Waals surface area contributed by atoms with Gasteiger partial charge in [-0.15, -0.1) is 0 Å². The molecule has 1 N–H and O–H groups in total. The number of halogens is 1. The number of para-hydroxylation sites is 1. The largest absolute Gasteiger partial charge is 0.345 e. The molecular formula is C16H24FN3O2S2. The van der Waals surface area contributed by atoms with Gasteiger partial charge in [-0.3, -0.25) is 0 Å². The number of benzene rings is 1. The maximum atomic E-state index is 13.8. The van der Waals surface area contributed by atoms with Gasteiger partial charge in [0.2, 0.25) is 0 Å². The second-order valence-electron chi connectivity index (χ2n) is 6.32. The van der Waals surface area contributed by atoms with Crippen LogP contribution in [0.25, 0.3) is 0 Å². The first-order chi connectivity index (χ1) is 11.3. The van der Waals surface area contributed by atoms with Crippen LogP contribution in [0.5, 0.6) is 0 Å². The van der Waals surface area contributed by atoms with Crippen molar-refractivity contribution in [2.75, 3.05) is 44.0 Å². The Morgan fingerprint density at radius 1 is 1.33 bits per heavy atom. The summed E-state index contributed by atoms with van der Waals surface area (Å²) in [5.74, 6) is -0.0924. The molecule has 1 aliphatic heterocycles. The van der Waals surface area contributed by atoms with E-state index < -0.39 is 9.84 Å². The van der Waals surface area contributed by atoms with Crippen molar-refractivity contribution in [1.82, 2.24) is 9.80 Å². The first-order valence-corrected chi connectivity index (χ1v) is 10.2. The van der Waals surface area contributed by atoms with E-state index in [9.17, 15) is 12.8 Å². The lowest BCUT2D eigenvalue weighted by atomic mass is 10.2. The van der Waals surface area contributed by atoms with Gasteiger partial charge in [-0.25, -0.2) is 12.8 Å². The smallest absolute Gasteiger partial charge is 0.173 e. The highest BCUT2D eigenvalue weighted by molar-refractivity contribution is 7.91. The van der Waals surface area contributed by atoms with Crippen LogP contribution in [0.1, 0.15) is 12.8 Å². The fourth-order valence-electron chi connectivity index (χ4n) is 2.78. The van der Waals surface area contributed by atoms with Crippen molar-refractivity contribution in [1.29, 1.82) is 0 Å². The Morgan fingerprint density at radius 2 is 2.04 bits per heavy atom. The molecule has 0 amide bonds. The van der Waals surface area contributed by atoms with Crippen LogP contribution in [0.4, 0.5) is 10.1 Å². The van der Waals surface area contributed by atoms with Gasteiger partial charge >= 0.3 is 0 Å². The van der Waals surface area contributed by atoms with Gasteiger partial charge in [0.25, 0.3) is 0 Å². The molecule has 1 fully saturated rings. The molecule has 1 aliphatic rings. The molecule has 0 bridgehead atoms. The van der Waals surface area contributed by atoms with Gasteiger partial charge in [-0.05, 0) is 57.8 Å². The molecule has 0 spiro atoms. The molecule has 0 unspecified atom stereocenters. The Balaban J connectivity index is 2.09. The summed E-state index contributed by atoms with van der Waals surface area (Å²) in [6.07, 6.45) is 1.41. The van der Waals surface area contributed by atoms with Gasteiger partial charge < -0.3 is 15.1 Å². The topological polar surface area (TPSA) is 52.6 Å². The molecule has 2 rings (SSSR count). The second-order valence-corrected chi connectivity index (χ2v) is 8.93. The molecular weight excluding hydrogens is 349 g/mol. The highest BCUT2D eigenvalue weighted by Crippen LogP contribution is 2.20. The summed E-state index contributed by atoms with van der Waals surface area (Å²) in [6.45, 7) is 1.51. The van der Waals surface area contributed by atoms with Gasteiger partial charge in [-0.2, -0.15) is 0 Å². The quantitative estimate of drug-likeness (QED) is 0.770. The van der Waals surface area contributed by atoms with Gasteiger partial charge in [0.05, 0.1) is 17.2 Å². The molecule has 1 heterocycles. The highest BCUT2D eigenvalue weighted by atomic mass is 32.2. The molecule has 0 aliphatic carbocycles. The van der Waals surface area contributed by atoms with E-state index in [2.05, 4.69) is 10.2 Å². The Bertz CT molecular complexity index is 680. The molecule has 1 aromatic rings. The van der Waals surface area contributed by atoms with E-state index in [0.29, 0.717) is 23.8 Å². The fraction of sp³-hybridized carbons (Fsp3) is 0.562. The van der Waals surface area contributed by atoms with Crippen molar-refractivity contribution in [2.24, 2.45) is 0 Å². The first kappa shape index (κ1) is 19.1. The van der Waals surface area contributed by atoms with E-state index in [4.69, 9.17) is 12.2 Å². The maximum Gasteiger partial charge on any atom is 0.173 e. The zero-order chi connectivity index (χ0) is 17.7. The number of nitrogens with one attached hydrogen (secondary N) is 1. The van der Waals surface area contributed by atoms with Crippen molar-refractivity contribution in [3.63, 3.8) is 0 Å². The number of thiocarbonyl (C=S) groups is 1. The Morgan fingerprint density at radius 3 is 2.62 bits per heavy atom. The summed E-state index contributed by atoms with van der Waals surface area (Å²) in [4.78, 5) is 3.97. The predicted molar refractivity (Wildman–Crippen MR) is 99.6 cm³/mol. The summed E-state index contributed by atoms with van der Waals surface area (Å²) >= 11 is 5.45. The summed E-state index contributed by atoms with van der Waals surface area (Å²) in [6, 6.07) is 6.17. The van der Waals surface area contributed by atoms with Gasteiger partial charge in [-0.1, -0.05) is 12.1 Å². The molecule has 134 valence electrons. The second kappa shape index (κ2) is 8.22. The minimum absolute atomic E-state index is 0.105. The van der Waals surface area contributed by atoms with Crippen LogP contribution in [0, 0.1) is 5.82 Å². The predicted octanol–water partition coefficient (Wildman–Crippen LogP) is 1.96. The van der Waals surface area contributed by atoms with Crippen LogP contribution in [0.3, 0.4) is 0 Å². The number of anilines is 1. The zero-order valence-corrected chi connectivity index (χ0v) is 15.7. The van der Waals surface area contributed by atoms with E-state index in [1.807, 2.05) is 19.0 Å². The molecule has 0 saturated carbocycles. The third-order valence-electron chi connectivity index (χ3n) is 4.03. The van der Waals surface area contributed by atoms with Crippen LogP contribution in [0.2, 0.25) is 0 Å². The number of hydrogen-bond donors (Lipinski definition) is 1. The third-order valence-corrected chi connectivity index (χ3v) is 6.12. The molecule has 1 atom stereocenters. The summed E-state index contributed by atoms with van der Waals surface area (Å²) < 4.78 is 37.4. The first-order valence-electron chi connectivity index (χ1n) is 7.96. The van der Waals surface area contributed by atoms with Crippen molar-refractivity contribution in [3.8, 4) is 0 Å². The Hall–Kier alpha value is -1.25. The normalized spacial score (nSPS) is 19.4. The third kappa shape index (κ3) is 5.39. The molecule has 0 radical (unpaired) electrons. The van der Waals surface area contributed by atoms with Gasteiger partial charge in [0, 0.05) is 12.6 Å². The van der Waals surface area contributed by atoms with Crippen LogP contribution >= 0.6 is 12.2 Å². The highest BCUT2D eigenvalue weighted by Gasteiger charge is 2.33. The zero-order valence-electron chi connectivity index (χ0n) is 14.0. The minimum Gasteiger partial charge on any atom is -0.345 e. The van der Waals surface area contributed by atoms with Crippen LogP contribution < -0.4 is 5.32 Å². The lowest BCUT2D eigenvalue weighted by molar-refractivity contribution is 0.306. The van der Waals surface area contributed by atoms with Crippen molar-refractivity contribution in [3.05, 3.63) is 30.1 Å². The van der Waals surface area contributed by atoms with E-state index >= 15 is 0 Å². The Kier molecular flexibility index (Phi) is 6.54. The Labute approximate surface area is 148 Å². The van der Waals surface area contributed by atoms with Crippen LogP contribution in [-0.4, -0.2) is 68.1 Å². The molecule has 5 nitrogen and oxygen atoms in total. The monoisotopic (exact) mass is 373 g/mol. The molecule has 8 heteroatoms. The van der Waals surface area contributed by atoms with Crippen LogP contribution in [-0.2, 0) is 9.84 Å².